The molecule has 1 aromatic heterocycles. The van der Waals surface area contributed by atoms with Crippen molar-refractivity contribution < 1.29 is 4.39 Å². The number of nitrogen functional groups attached to an aromatic ring is 1. The minimum absolute atomic E-state index is 0.297. The van der Waals surface area contributed by atoms with E-state index < -0.39 is 0 Å². The highest BCUT2D eigenvalue weighted by molar-refractivity contribution is 5.54. The van der Waals surface area contributed by atoms with E-state index in [0.717, 1.165) is 11.4 Å². The Morgan fingerprint density at radius 3 is 2.68 bits per heavy atom. The van der Waals surface area contributed by atoms with Gasteiger partial charge in [-0.2, -0.15) is 0 Å². The number of nitrogens with two attached hydrogens (primary N) is 1. The van der Waals surface area contributed by atoms with E-state index in [1.54, 1.807) is 12.1 Å². The molecule has 2 rings (SSSR count). The van der Waals surface area contributed by atoms with E-state index in [4.69, 9.17) is 5.73 Å². The molecular formula is C15H18FN3. The van der Waals surface area contributed by atoms with Gasteiger partial charge in [0.2, 0.25) is 0 Å². The molecule has 2 N–H and O–H groups in total. The Morgan fingerprint density at radius 1 is 1.26 bits per heavy atom. The summed E-state index contributed by atoms with van der Waals surface area (Å²) in [6.45, 7) is 5.23. The highest BCUT2D eigenvalue weighted by Crippen LogP contribution is 2.22. The lowest BCUT2D eigenvalue weighted by Crippen LogP contribution is -2.23. The number of hydrogen-bond donors (Lipinski definition) is 1. The first-order valence-electron chi connectivity index (χ1n) is 6.32. The van der Waals surface area contributed by atoms with Crippen LogP contribution in [0.15, 0.2) is 36.4 Å². The molecule has 2 aromatic rings. The largest absolute Gasteiger partial charge is 0.399 e. The van der Waals surface area contributed by atoms with E-state index in [1.165, 1.54) is 6.07 Å². The molecule has 0 unspecified atom stereocenters. The van der Waals surface area contributed by atoms with Crippen LogP contribution in [0.25, 0.3) is 0 Å². The normalized spacial score (nSPS) is 10.5. The van der Waals surface area contributed by atoms with Crippen molar-refractivity contribution in [3.63, 3.8) is 0 Å². The van der Waals surface area contributed by atoms with E-state index in [1.807, 2.05) is 36.9 Å². The van der Waals surface area contributed by atoms with Gasteiger partial charge in [0.25, 0.3) is 0 Å². The number of aryl methyl sites for hydroxylation is 1. The number of anilines is 2. The first kappa shape index (κ1) is 13.3. The molecule has 4 heteroatoms. The van der Waals surface area contributed by atoms with E-state index in [9.17, 15) is 4.39 Å². The maximum atomic E-state index is 13.9. The topological polar surface area (TPSA) is 42.2 Å². The Morgan fingerprint density at radius 2 is 2.05 bits per heavy atom. The summed E-state index contributed by atoms with van der Waals surface area (Å²) < 4.78 is 13.9. The third-order valence-electron chi connectivity index (χ3n) is 2.99. The second kappa shape index (κ2) is 5.69. The minimum atomic E-state index is -0.297. The van der Waals surface area contributed by atoms with Crippen LogP contribution in [-0.2, 0) is 6.54 Å². The molecule has 100 valence electrons. The van der Waals surface area contributed by atoms with Crippen molar-refractivity contribution in [1.29, 1.82) is 0 Å². The van der Waals surface area contributed by atoms with Crippen molar-refractivity contribution in [3.8, 4) is 0 Å². The van der Waals surface area contributed by atoms with Crippen LogP contribution in [0.5, 0.6) is 0 Å². The van der Waals surface area contributed by atoms with Crippen LogP contribution < -0.4 is 10.6 Å². The molecule has 1 aromatic carbocycles. The summed E-state index contributed by atoms with van der Waals surface area (Å²) in [7, 11) is 0. The predicted molar refractivity (Wildman–Crippen MR) is 76.5 cm³/mol. The second-order valence-corrected chi connectivity index (χ2v) is 4.50. The van der Waals surface area contributed by atoms with Crippen LogP contribution in [0.1, 0.15) is 18.3 Å². The Hall–Kier alpha value is -2.10. The molecule has 0 aliphatic heterocycles. The summed E-state index contributed by atoms with van der Waals surface area (Å²) in [4.78, 5) is 6.39. The smallest absolute Gasteiger partial charge is 0.148 e. The fraction of sp³-hybridized carbons (Fsp3) is 0.267. The molecule has 0 radical (unpaired) electrons. The standard InChI is InChI=1S/C15H18FN3/c1-3-19(10-13-6-4-5-11(2)18-13)15-8-7-12(17)9-14(15)16/h4-9H,3,10,17H2,1-2H3. The van der Waals surface area contributed by atoms with Gasteiger partial charge in [0, 0.05) is 17.9 Å². The Labute approximate surface area is 112 Å². The molecule has 1 heterocycles. The van der Waals surface area contributed by atoms with Crippen LogP contribution in [0.3, 0.4) is 0 Å². The molecule has 0 amide bonds. The average Bonchev–Trinajstić information content (AvgIpc) is 2.37. The summed E-state index contributed by atoms with van der Waals surface area (Å²) >= 11 is 0. The lowest BCUT2D eigenvalue weighted by atomic mass is 10.2. The summed E-state index contributed by atoms with van der Waals surface area (Å²) in [6, 6.07) is 10.6. The molecule has 3 nitrogen and oxygen atoms in total. The first-order chi connectivity index (χ1) is 9.10. The summed E-state index contributed by atoms with van der Waals surface area (Å²) in [5, 5.41) is 0. The van der Waals surface area contributed by atoms with E-state index in [-0.39, 0.29) is 5.82 Å². The molecule has 0 fully saturated rings. The Balaban J connectivity index is 2.25. The molecule has 0 spiro atoms. The number of aromatic nitrogens is 1. The number of nitrogens with zero attached hydrogens (tertiary/aromatic N) is 2. The van der Waals surface area contributed by atoms with Gasteiger partial charge < -0.3 is 10.6 Å². The van der Waals surface area contributed by atoms with Gasteiger partial charge >= 0.3 is 0 Å². The van der Waals surface area contributed by atoms with Gasteiger partial charge in [-0.3, -0.25) is 4.98 Å². The third-order valence-corrected chi connectivity index (χ3v) is 2.99. The first-order valence-corrected chi connectivity index (χ1v) is 6.32. The van der Waals surface area contributed by atoms with Crippen LogP contribution >= 0.6 is 0 Å². The van der Waals surface area contributed by atoms with Crippen molar-refractivity contribution in [2.45, 2.75) is 20.4 Å². The van der Waals surface area contributed by atoms with E-state index >= 15 is 0 Å². The quantitative estimate of drug-likeness (QED) is 0.858. The molecule has 0 saturated heterocycles. The van der Waals surface area contributed by atoms with Gasteiger partial charge in [0.05, 0.1) is 17.9 Å². The minimum Gasteiger partial charge on any atom is -0.399 e. The maximum Gasteiger partial charge on any atom is 0.148 e. The van der Waals surface area contributed by atoms with Crippen molar-refractivity contribution >= 4 is 11.4 Å². The monoisotopic (exact) mass is 259 g/mol. The van der Waals surface area contributed by atoms with Gasteiger partial charge in [0.1, 0.15) is 5.82 Å². The number of hydrogen-bond acceptors (Lipinski definition) is 3. The zero-order chi connectivity index (χ0) is 13.8. The average molecular weight is 259 g/mol. The zero-order valence-electron chi connectivity index (χ0n) is 11.2. The Bertz CT molecular complexity index is 569. The number of pyridine rings is 1. The van der Waals surface area contributed by atoms with Crippen LogP contribution in [0.4, 0.5) is 15.8 Å². The molecule has 0 bridgehead atoms. The third kappa shape index (κ3) is 3.22. The van der Waals surface area contributed by atoms with E-state index in [0.29, 0.717) is 24.5 Å². The second-order valence-electron chi connectivity index (χ2n) is 4.50. The summed E-state index contributed by atoms with van der Waals surface area (Å²) in [6.07, 6.45) is 0. The summed E-state index contributed by atoms with van der Waals surface area (Å²) in [5.41, 5.74) is 8.46. The van der Waals surface area contributed by atoms with Crippen molar-refractivity contribution in [2.75, 3.05) is 17.2 Å². The van der Waals surface area contributed by atoms with Gasteiger partial charge in [0.15, 0.2) is 0 Å². The molecular weight excluding hydrogens is 241 g/mol. The van der Waals surface area contributed by atoms with Gasteiger partial charge in [-0.1, -0.05) is 6.07 Å². The van der Waals surface area contributed by atoms with Gasteiger partial charge in [-0.25, -0.2) is 4.39 Å². The number of halogens is 1. The SMILES string of the molecule is CCN(Cc1cccc(C)n1)c1ccc(N)cc1F. The van der Waals surface area contributed by atoms with Gasteiger partial charge in [-0.05, 0) is 44.2 Å². The molecule has 19 heavy (non-hydrogen) atoms. The zero-order valence-corrected chi connectivity index (χ0v) is 11.2. The highest BCUT2D eigenvalue weighted by Gasteiger charge is 2.11. The van der Waals surface area contributed by atoms with Crippen molar-refractivity contribution in [2.24, 2.45) is 0 Å². The van der Waals surface area contributed by atoms with E-state index in [2.05, 4.69) is 4.98 Å². The van der Waals surface area contributed by atoms with Crippen LogP contribution in [-0.4, -0.2) is 11.5 Å². The van der Waals surface area contributed by atoms with Crippen molar-refractivity contribution in [3.05, 3.63) is 53.6 Å². The Kier molecular flexibility index (Phi) is 4.00. The molecule has 0 aliphatic rings. The van der Waals surface area contributed by atoms with Gasteiger partial charge in [-0.15, -0.1) is 0 Å². The number of benzene rings is 1. The summed E-state index contributed by atoms with van der Waals surface area (Å²) in [5.74, 6) is -0.297. The molecule has 0 aliphatic carbocycles. The van der Waals surface area contributed by atoms with Crippen molar-refractivity contribution in [1.82, 2.24) is 4.98 Å². The lowest BCUT2D eigenvalue weighted by Gasteiger charge is -2.23. The molecule has 0 saturated carbocycles. The predicted octanol–water partition coefficient (Wildman–Crippen LogP) is 3.14. The molecule has 0 atom stereocenters. The number of rotatable bonds is 4. The fourth-order valence-electron chi connectivity index (χ4n) is 2.03. The van der Waals surface area contributed by atoms with Crippen LogP contribution in [0, 0.1) is 12.7 Å². The highest BCUT2D eigenvalue weighted by atomic mass is 19.1. The lowest BCUT2D eigenvalue weighted by molar-refractivity contribution is 0.617. The fourth-order valence-corrected chi connectivity index (χ4v) is 2.03. The maximum absolute atomic E-state index is 13.9. The van der Waals surface area contributed by atoms with Crippen LogP contribution in [0.2, 0.25) is 0 Å².